The van der Waals surface area contributed by atoms with Gasteiger partial charge in [-0.3, -0.25) is 4.68 Å². The number of benzene rings is 1. The molecule has 1 heterocycles. The quantitative estimate of drug-likeness (QED) is 0.850. The van der Waals surface area contributed by atoms with E-state index >= 15 is 0 Å². The second-order valence-corrected chi connectivity index (χ2v) is 3.92. The van der Waals surface area contributed by atoms with E-state index in [2.05, 4.69) is 10.4 Å². The van der Waals surface area contributed by atoms with Gasteiger partial charge in [0.05, 0.1) is 5.69 Å². The molecule has 4 nitrogen and oxygen atoms in total. The van der Waals surface area contributed by atoms with Gasteiger partial charge in [0.15, 0.2) is 17.5 Å². The van der Waals surface area contributed by atoms with E-state index in [0.717, 1.165) is 12.1 Å². The molecule has 1 aromatic heterocycles. The summed E-state index contributed by atoms with van der Waals surface area (Å²) in [6.45, 7) is 1.63. The van der Waals surface area contributed by atoms with Crippen LogP contribution >= 0.6 is 0 Å². The summed E-state index contributed by atoms with van der Waals surface area (Å²) in [7, 11) is 1.58. The third-order valence-electron chi connectivity index (χ3n) is 2.58. The van der Waals surface area contributed by atoms with Crippen LogP contribution in [-0.2, 0) is 7.05 Å². The Morgan fingerprint density at radius 2 is 1.84 bits per heavy atom. The summed E-state index contributed by atoms with van der Waals surface area (Å²) < 4.78 is 40.4. The Morgan fingerprint density at radius 3 is 2.37 bits per heavy atom. The first-order chi connectivity index (χ1) is 8.93. The fourth-order valence-corrected chi connectivity index (χ4v) is 1.70. The number of aromatic nitrogens is 2. The minimum atomic E-state index is -1.53. The Labute approximate surface area is 107 Å². The van der Waals surface area contributed by atoms with Crippen LogP contribution < -0.4 is 5.32 Å². The Balaban J connectivity index is 2.45. The molecule has 98 valence electrons. The number of nitriles is 1. The van der Waals surface area contributed by atoms with E-state index in [0.29, 0.717) is 5.69 Å². The van der Waals surface area contributed by atoms with Crippen LogP contribution in [0, 0.1) is 35.7 Å². The van der Waals surface area contributed by atoms with Crippen molar-refractivity contribution in [2.75, 3.05) is 5.32 Å². The normalized spacial score (nSPS) is 10.3. The number of nitrogens with zero attached hydrogens (tertiary/aromatic N) is 3. The van der Waals surface area contributed by atoms with Crippen LogP contribution in [-0.4, -0.2) is 9.78 Å². The Hall–Kier alpha value is -2.49. The van der Waals surface area contributed by atoms with Gasteiger partial charge in [0.1, 0.15) is 17.5 Å². The fraction of sp³-hybridized carbons (Fsp3) is 0.167. The van der Waals surface area contributed by atoms with Gasteiger partial charge in [0, 0.05) is 24.9 Å². The molecule has 0 fully saturated rings. The maximum Gasteiger partial charge on any atom is 0.194 e. The van der Waals surface area contributed by atoms with Gasteiger partial charge in [-0.05, 0) is 6.92 Å². The predicted molar refractivity (Wildman–Crippen MR) is 62.3 cm³/mol. The fourth-order valence-electron chi connectivity index (χ4n) is 1.70. The maximum absolute atomic E-state index is 13.1. The molecule has 7 heteroatoms. The summed E-state index contributed by atoms with van der Waals surface area (Å²) in [5, 5.41) is 15.7. The van der Waals surface area contributed by atoms with Gasteiger partial charge in [-0.1, -0.05) is 0 Å². The summed E-state index contributed by atoms with van der Waals surface area (Å²) in [6, 6.07) is 3.55. The van der Waals surface area contributed by atoms with Crippen molar-refractivity contribution in [2.45, 2.75) is 6.92 Å². The average Bonchev–Trinajstić information content (AvgIpc) is 2.60. The molecule has 1 N–H and O–H groups in total. The molecule has 19 heavy (non-hydrogen) atoms. The number of nitrogens with one attached hydrogen (secondary N) is 1. The molecule has 0 saturated heterocycles. The van der Waals surface area contributed by atoms with Crippen molar-refractivity contribution in [3.05, 3.63) is 40.8 Å². The largest absolute Gasteiger partial charge is 0.339 e. The topological polar surface area (TPSA) is 53.6 Å². The highest BCUT2D eigenvalue weighted by molar-refractivity contribution is 5.64. The molecule has 0 aliphatic rings. The van der Waals surface area contributed by atoms with Gasteiger partial charge in [0.2, 0.25) is 0 Å². The highest BCUT2D eigenvalue weighted by atomic mass is 19.2. The lowest BCUT2D eigenvalue weighted by atomic mass is 10.2. The summed E-state index contributed by atoms with van der Waals surface area (Å²) >= 11 is 0. The van der Waals surface area contributed by atoms with Gasteiger partial charge in [-0.25, -0.2) is 13.2 Å². The predicted octanol–water partition coefficient (Wildman–Crippen LogP) is 2.76. The SMILES string of the molecule is Cc1nn(C)c(Nc2cc(F)c(F)c(F)c2)c1C#N. The van der Waals surface area contributed by atoms with Crippen molar-refractivity contribution in [3.8, 4) is 6.07 Å². The second kappa shape index (κ2) is 4.65. The van der Waals surface area contributed by atoms with Crippen molar-refractivity contribution in [3.63, 3.8) is 0 Å². The maximum atomic E-state index is 13.1. The minimum Gasteiger partial charge on any atom is -0.339 e. The number of rotatable bonds is 2. The zero-order chi connectivity index (χ0) is 14.2. The third kappa shape index (κ3) is 2.25. The van der Waals surface area contributed by atoms with Crippen molar-refractivity contribution < 1.29 is 13.2 Å². The van der Waals surface area contributed by atoms with Gasteiger partial charge in [-0.15, -0.1) is 0 Å². The van der Waals surface area contributed by atoms with Crippen LogP contribution in [0.15, 0.2) is 12.1 Å². The first-order valence-electron chi connectivity index (χ1n) is 5.29. The Bertz CT molecular complexity index is 662. The van der Waals surface area contributed by atoms with E-state index in [4.69, 9.17) is 5.26 Å². The third-order valence-corrected chi connectivity index (χ3v) is 2.58. The Morgan fingerprint density at radius 1 is 1.26 bits per heavy atom. The van der Waals surface area contributed by atoms with Gasteiger partial charge < -0.3 is 5.32 Å². The number of anilines is 2. The first-order valence-corrected chi connectivity index (χ1v) is 5.29. The van der Waals surface area contributed by atoms with E-state index in [1.807, 2.05) is 6.07 Å². The van der Waals surface area contributed by atoms with Crippen LogP contribution in [0.2, 0.25) is 0 Å². The zero-order valence-corrected chi connectivity index (χ0v) is 10.1. The van der Waals surface area contributed by atoms with Crippen molar-refractivity contribution >= 4 is 11.5 Å². The molecule has 0 aliphatic heterocycles. The molecular weight excluding hydrogens is 257 g/mol. The number of aryl methyl sites for hydroxylation is 2. The van der Waals surface area contributed by atoms with Crippen LogP contribution in [0.25, 0.3) is 0 Å². The molecule has 0 spiro atoms. The summed E-state index contributed by atoms with van der Waals surface area (Å²) in [5.41, 5.74) is 0.735. The zero-order valence-electron chi connectivity index (χ0n) is 10.1. The lowest BCUT2D eigenvalue weighted by molar-refractivity contribution is 0.448. The number of hydrogen-bond acceptors (Lipinski definition) is 3. The smallest absolute Gasteiger partial charge is 0.194 e. The van der Waals surface area contributed by atoms with Crippen molar-refractivity contribution in [1.29, 1.82) is 5.26 Å². The van der Waals surface area contributed by atoms with E-state index in [9.17, 15) is 13.2 Å². The van der Waals surface area contributed by atoms with Gasteiger partial charge in [-0.2, -0.15) is 10.4 Å². The molecule has 0 saturated carbocycles. The molecule has 2 aromatic rings. The van der Waals surface area contributed by atoms with E-state index in [-0.39, 0.29) is 17.1 Å². The Kier molecular flexibility index (Phi) is 3.17. The van der Waals surface area contributed by atoms with Crippen LogP contribution in [0.4, 0.5) is 24.7 Å². The van der Waals surface area contributed by atoms with E-state index in [1.165, 1.54) is 4.68 Å². The number of halogens is 3. The molecule has 1 aromatic carbocycles. The lowest BCUT2D eigenvalue weighted by Gasteiger charge is -2.08. The van der Waals surface area contributed by atoms with Gasteiger partial charge >= 0.3 is 0 Å². The van der Waals surface area contributed by atoms with E-state index < -0.39 is 17.5 Å². The minimum absolute atomic E-state index is 0.00380. The van der Waals surface area contributed by atoms with Crippen LogP contribution in [0.3, 0.4) is 0 Å². The highest BCUT2D eigenvalue weighted by Gasteiger charge is 2.15. The molecule has 0 bridgehead atoms. The average molecular weight is 266 g/mol. The van der Waals surface area contributed by atoms with Crippen LogP contribution in [0.1, 0.15) is 11.3 Å². The second-order valence-electron chi connectivity index (χ2n) is 3.92. The molecular formula is C12H9F3N4. The molecule has 0 radical (unpaired) electrons. The lowest BCUT2D eigenvalue weighted by Crippen LogP contribution is -2.02. The molecule has 0 aliphatic carbocycles. The number of hydrogen-bond donors (Lipinski definition) is 1. The summed E-state index contributed by atoms with van der Waals surface area (Å²) in [4.78, 5) is 0. The first kappa shape index (κ1) is 13.0. The van der Waals surface area contributed by atoms with E-state index in [1.54, 1.807) is 14.0 Å². The summed E-state index contributed by atoms with van der Waals surface area (Å²) in [5.74, 6) is -3.86. The van der Waals surface area contributed by atoms with Crippen molar-refractivity contribution in [1.82, 2.24) is 9.78 Å². The summed E-state index contributed by atoms with van der Waals surface area (Å²) in [6.07, 6.45) is 0. The monoisotopic (exact) mass is 266 g/mol. The van der Waals surface area contributed by atoms with Crippen molar-refractivity contribution in [2.24, 2.45) is 7.05 Å². The molecule has 0 atom stereocenters. The standard InChI is InChI=1S/C12H9F3N4/c1-6-8(5-16)12(19(2)18-6)17-7-3-9(13)11(15)10(14)4-7/h3-4,17H,1-2H3. The molecule has 0 amide bonds. The molecule has 2 rings (SSSR count). The molecule has 0 unspecified atom stereocenters. The van der Waals surface area contributed by atoms with Gasteiger partial charge in [0.25, 0.3) is 0 Å². The highest BCUT2D eigenvalue weighted by Crippen LogP contribution is 2.24. The van der Waals surface area contributed by atoms with Crippen LogP contribution in [0.5, 0.6) is 0 Å².